The number of carbonyl (C=O) groups is 1. The van der Waals surface area contributed by atoms with E-state index < -0.39 is 0 Å². The number of rotatable bonds is 4. The molecule has 0 aromatic rings. The summed E-state index contributed by atoms with van der Waals surface area (Å²) in [7, 11) is 2.07. The third-order valence-corrected chi connectivity index (χ3v) is 2.52. The first kappa shape index (κ1) is 12.1. The van der Waals surface area contributed by atoms with E-state index >= 15 is 0 Å². The van der Waals surface area contributed by atoms with E-state index in [0.29, 0.717) is 13.0 Å². The third kappa shape index (κ3) is 4.35. The lowest BCUT2D eigenvalue weighted by Gasteiger charge is -2.12. The van der Waals surface area contributed by atoms with Crippen LogP contribution in [0.2, 0.25) is 0 Å². The fourth-order valence-corrected chi connectivity index (χ4v) is 1.67. The molecule has 0 aromatic carbocycles. The molecule has 0 spiro atoms. The van der Waals surface area contributed by atoms with Crippen LogP contribution in [0.1, 0.15) is 26.2 Å². The van der Waals surface area contributed by atoms with Gasteiger partial charge < -0.3 is 4.90 Å². The van der Waals surface area contributed by atoms with Crippen LogP contribution >= 0.6 is 0 Å². The summed E-state index contributed by atoms with van der Waals surface area (Å²) >= 11 is 0. The van der Waals surface area contributed by atoms with Crippen LogP contribution < -0.4 is 0 Å². The quantitative estimate of drug-likeness (QED) is 0.642. The van der Waals surface area contributed by atoms with Crippen LogP contribution in [0.5, 0.6) is 0 Å². The van der Waals surface area contributed by atoms with Gasteiger partial charge in [0.1, 0.15) is 0 Å². The van der Waals surface area contributed by atoms with Crippen LogP contribution in [0, 0.1) is 11.8 Å². The number of amides is 1. The Morgan fingerprint density at radius 2 is 2.27 bits per heavy atom. The van der Waals surface area contributed by atoms with Gasteiger partial charge in [-0.1, -0.05) is 18.8 Å². The smallest absolute Gasteiger partial charge is 0.223 e. The molecule has 1 saturated heterocycles. The minimum atomic E-state index is 0.256. The van der Waals surface area contributed by atoms with Gasteiger partial charge in [0, 0.05) is 13.0 Å². The number of carbonyl (C=O) groups excluding carboxylic acids is 1. The number of hydrogen-bond donors (Lipinski definition) is 0. The lowest BCUT2D eigenvalue weighted by atomic mass is 10.4. The molecule has 3 nitrogen and oxygen atoms in total. The normalized spacial score (nSPS) is 15.7. The largest absolute Gasteiger partial charge is 0.332 e. The highest BCUT2D eigenvalue weighted by atomic mass is 16.2. The summed E-state index contributed by atoms with van der Waals surface area (Å²) in [6.45, 7) is 5.54. The van der Waals surface area contributed by atoms with Gasteiger partial charge in [-0.25, -0.2) is 0 Å². The molecule has 1 aliphatic rings. The molecule has 0 radical (unpaired) electrons. The van der Waals surface area contributed by atoms with Crippen molar-refractivity contribution in [3.05, 3.63) is 0 Å². The van der Waals surface area contributed by atoms with E-state index in [-0.39, 0.29) is 5.91 Å². The van der Waals surface area contributed by atoms with Gasteiger partial charge in [0.05, 0.1) is 13.1 Å². The number of likely N-dealkylation sites (tertiary alicyclic amines) is 1. The van der Waals surface area contributed by atoms with Crippen LogP contribution in [0.15, 0.2) is 0 Å². The van der Waals surface area contributed by atoms with Crippen molar-refractivity contribution < 1.29 is 4.79 Å². The first-order valence-electron chi connectivity index (χ1n) is 5.66. The molecule has 15 heavy (non-hydrogen) atoms. The fraction of sp³-hybridized carbons (Fsp3) is 0.750. The maximum Gasteiger partial charge on any atom is 0.223 e. The zero-order valence-electron chi connectivity index (χ0n) is 9.75. The SMILES string of the molecule is CCCN(C)CC#CCN1CCCC1=O. The molecule has 0 aromatic heterocycles. The lowest BCUT2D eigenvalue weighted by Crippen LogP contribution is -2.25. The minimum Gasteiger partial charge on any atom is -0.332 e. The Labute approximate surface area is 92.4 Å². The van der Waals surface area contributed by atoms with Gasteiger partial charge in [-0.15, -0.1) is 0 Å². The van der Waals surface area contributed by atoms with E-state index in [1.807, 2.05) is 4.90 Å². The van der Waals surface area contributed by atoms with Gasteiger partial charge >= 0.3 is 0 Å². The van der Waals surface area contributed by atoms with Crippen LogP contribution in [-0.2, 0) is 4.79 Å². The molecule has 0 bridgehead atoms. The second-order valence-corrected chi connectivity index (χ2v) is 4.01. The molecule has 0 atom stereocenters. The standard InChI is InChI=1S/C12H20N2O/c1-3-8-13(2)9-4-5-10-14-11-6-7-12(14)15/h3,6-11H2,1-2H3. The van der Waals surface area contributed by atoms with Gasteiger partial charge in [-0.2, -0.15) is 0 Å². The summed E-state index contributed by atoms with van der Waals surface area (Å²) < 4.78 is 0. The highest BCUT2D eigenvalue weighted by Crippen LogP contribution is 2.07. The van der Waals surface area contributed by atoms with Crippen molar-refractivity contribution >= 4 is 5.91 Å². The van der Waals surface area contributed by atoms with Crippen LogP contribution in [-0.4, -0.2) is 48.9 Å². The average molecular weight is 208 g/mol. The maximum absolute atomic E-state index is 11.3. The summed E-state index contributed by atoms with van der Waals surface area (Å²) in [5, 5.41) is 0. The molecule has 1 fully saturated rings. The van der Waals surface area contributed by atoms with E-state index in [1.165, 1.54) is 0 Å². The summed E-state index contributed by atoms with van der Waals surface area (Å²) in [6, 6.07) is 0. The molecule has 0 N–H and O–H groups in total. The van der Waals surface area contributed by atoms with Gasteiger partial charge in [0.2, 0.25) is 5.91 Å². The third-order valence-electron chi connectivity index (χ3n) is 2.52. The summed E-state index contributed by atoms with van der Waals surface area (Å²) in [4.78, 5) is 15.3. The average Bonchev–Trinajstić information content (AvgIpc) is 2.60. The van der Waals surface area contributed by atoms with Gasteiger partial charge in [0.15, 0.2) is 0 Å². The Morgan fingerprint density at radius 1 is 1.47 bits per heavy atom. The first-order valence-corrected chi connectivity index (χ1v) is 5.66. The Hall–Kier alpha value is -1.01. The van der Waals surface area contributed by atoms with Crippen LogP contribution in [0.4, 0.5) is 0 Å². The summed E-state index contributed by atoms with van der Waals surface area (Å²) in [6.07, 6.45) is 2.86. The number of nitrogens with zero attached hydrogens (tertiary/aromatic N) is 2. The second kappa shape index (κ2) is 6.47. The fourth-order valence-electron chi connectivity index (χ4n) is 1.67. The van der Waals surface area contributed by atoms with Crippen molar-refractivity contribution in [3.8, 4) is 11.8 Å². The van der Waals surface area contributed by atoms with E-state index in [1.54, 1.807) is 0 Å². The monoisotopic (exact) mass is 208 g/mol. The van der Waals surface area contributed by atoms with Crippen molar-refractivity contribution in [2.75, 3.05) is 33.2 Å². The van der Waals surface area contributed by atoms with E-state index in [9.17, 15) is 4.79 Å². The zero-order chi connectivity index (χ0) is 11.1. The summed E-state index contributed by atoms with van der Waals surface area (Å²) in [5.41, 5.74) is 0. The molecule has 1 aliphatic heterocycles. The van der Waals surface area contributed by atoms with Gasteiger partial charge in [0.25, 0.3) is 0 Å². The Bertz CT molecular complexity index is 265. The second-order valence-electron chi connectivity index (χ2n) is 4.01. The van der Waals surface area contributed by atoms with Crippen molar-refractivity contribution in [1.29, 1.82) is 0 Å². The van der Waals surface area contributed by atoms with E-state index in [2.05, 4.69) is 30.7 Å². The van der Waals surface area contributed by atoms with Crippen molar-refractivity contribution in [1.82, 2.24) is 9.80 Å². The Kier molecular flexibility index (Phi) is 5.20. The molecule has 84 valence electrons. The first-order chi connectivity index (χ1) is 7.24. The molecule has 1 rings (SSSR count). The molecule has 0 saturated carbocycles. The number of hydrogen-bond acceptors (Lipinski definition) is 2. The predicted molar refractivity (Wildman–Crippen MR) is 61.4 cm³/mol. The molecule has 1 amide bonds. The zero-order valence-corrected chi connectivity index (χ0v) is 9.75. The molecule has 0 aliphatic carbocycles. The predicted octanol–water partition coefficient (Wildman–Crippen LogP) is 0.954. The van der Waals surface area contributed by atoms with Gasteiger partial charge in [-0.3, -0.25) is 9.69 Å². The van der Waals surface area contributed by atoms with E-state index in [4.69, 9.17) is 0 Å². The van der Waals surface area contributed by atoms with Crippen LogP contribution in [0.25, 0.3) is 0 Å². The van der Waals surface area contributed by atoms with Crippen molar-refractivity contribution in [2.45, 2.75) is 26.2 Å². The van der Waals surface area contributed by atoms with Crippen molar-refractivity contribution in [3.63, 3.8) is 0 Å². The molecule has 3 heteroatoms. The summed E-state index contributed by atoms with van der Waals surface area (Å²) in [5.74, 6) is 6.42. The Balaban J connectivity index is 2.18. The highest BCUT2D eigenvalue weighted by molar-refractivity contribution is 5.78. The molecular weight excluding hydrogens is 188 g/mol. The molecule has 0 unspecified atom stereocenters. The topological polar surface area (TPSA) is 23.6 Å². The minimum absolute atomic E-state index is 0.256. The Morgan fingerprint density at radius 3 is 2.87 bits per heavy atom. The molecule has 1 heterocycles. The van der Waals surface area contributed by atoms with Crippen molar-refractivity contribution in [2.24, 2.45) is 0 Å². The lowest BCUT2D eigenvalue weighted by molar-refractivity contribution is -0.127. The van der Waals surface area contributed by atoms with Crippen LogP contribution in [0.3, 0.4) is 0 Å². The van der Waals surface area contributed by atoms with E-state index in [0.717, 1.165) is 32.5 Å². The highest BCUT2D eigenvalue weighted by Gasteiger charge is 2.18. The van der Waals surface area contributed by atoms with Gasteiger partial charge in [-0.05, 0) is 26.4 Å². The molecular formula is C12H20N2O. The maximum atomic E-state index is 11.3.